The number of aliphatic imine (C=N–C) groups is 1. The molecule has 0 bridgehead atoms. The van der Waals surface area contributed by atoms with Crippen LogP contribution in [0.4, 0.5) is 0 Å². The largest absolute Gasteiger partial charge is 0.353 e. The third-order valence-electron chi connectivity index (χ3n) is 4.60. The van der Waals surface area contributed by atoms with Crippen LogP contribution in [0.3, 0.4) is 0 Å². The highest BCUT2D eigenvalue weighted by molar-refractivity contribution is 14.0. The lowest BCUT2D eigenvalue weighted by Gasteiger charge is -2.36. The van der Waals surface area contributed by atoms with E-state index in [1.165, 1.54) is 19.3 Å². The molecule has 2 unspecified atom stereocenters. The second-order valence-electron chi connectivity index (χ2n) is 7.07. The zero-order valence-electron chi connectivity index (χ0n) is 15.5. The van der Waals surface area contributed by atoms with Gasteiger partial charge in [0.2, 0.25) is 5.91 Å². The highest BCUT2D eigenvalue weighted by Gasteiger charge is 2.37. The van der Waals surface area contributed by atoms with Crippen LogP contribution in [0.2, 0.25) is 0 Å². The SMILES string of the molecule is CCCC1CC1NC(=NC)N1CCN(CC(=O)NC(C)C)CC1.I. The fraction of sp³-hybridized carbons (Fsp3) is 0.882. The van der Waals surface area contributed by atoms with E-state index in [-0.39, 0.29) is 35.9 Å². The molecule has 1 saturated heterocycles. The Morgan fingerprint density at radius 3 is 2.46 bits per heavy atom. The van der Waals surface area contributed by atoms with Crippen LogP contribution < -0.4 is 10.6 Å². The zero-order chi connectivity index (χ0) is 16.8. The number of piperazine rings is 1. The average molecular weight is 451 g/mol. The molecule has 0 aromatic heterocycles. The molecule has 24 heavy (non-hydrogen) atoms. The molecule has 6 nitrogen and oxygen atoms in total. The molecule has 1 aliphatic heterocycles. The standard InChI is InChI=1S/C17H33N5O.HI/c1-5-6-14-11-15(14)20-17(18-4)22-9-7-21(8-10-22)12-16(23)19-13(2)3;/h13-15H,5-12H2,1-4H3,(H,18,20)(H,19,23);1H. The quantitative estimate of drug-likeness (QED) is 0.365. The van der Waals surface area contributed by atoms with Crippen LogP contribution in [0.1, 0.15) is 40.0 Å². The van der Waals surface area contributed by atoms with Crippen molar-refractivity contribution in [2.24, 2.45) is 10.9 Å². The van der Waals surface area contributed by atoms with Crippen molar-refractivity contribution in [2.45, 2.75) is 52.1 Å². The van der Waals surface area contributed by atoms with E-state index >= 15 is 0 Å². The van der Waals surface area contributed by atoms with Crippen molar-refractivity contribution in [3.05, 3.63) is 0 Å². The summed E-state index contributed by atoms with van der Waals surface area (Å²) in [4.78, 5) is 20.8. The molecule has 0 aromatic carbocycles. The van der Waals surface area contributed by atoms with E-state index in [0.717, 1.165) is 38.1 Å². The molecular weight excluding hydrogens is 417 g/mol. The fourth-order valence-electron chi connectivity index (χ4n) is 3.27. The Balaban J connectivity index is 0.00000288. The van der Waals surface area contributed by atoms with E-state index in [9.17, 15) is 4.79 Å². The summed E-state index contributed by atoms with van der Waals surface area (Å²) in [6.45, 7) is 10.4. The van der Waals surface area contributed by atoms with Gasteiger partial charge in [0.15, 0.2) is 5.96 Å². The Bertz CT molecular complexity index is 421. The molecule has 2 atom stereocenters. The van der Waals surface area contributed by atoms with Gasteiger partial charge in [-0.05, 0) is 32.6 Å². The van der Waals surface area contributed by atoms with Gasteiger partial charge >= 0.3 is 0 Å². The number of amides is 1. The lowest BCUT2D eigenvalue weighted by atomic mass is 10.2. The molecular formula is C17H34IN5O. The smallest absolute Gasteiger partial charge is 0.234 e. The number of carbonyl (C=O) groups is 1. The minimum absolute atomic E-state index is 0. The lowest BCUT2D eigenvalue weighted by Crippen LogP contribution is -2.54. The highest BCUT2D eigenvalue weighted by Crippen LogP contribution is 2.34. The third-order valence-corrected chi connectivity index (χ3v) is 4.60. The van der Waals surface area contributed by atoms with Gasteiger partial charge in [-0.1, -0.05) is 13.3 Å². The van der Waals surface area contributed by atoms with Crippen LogP contribution in [0, 0.1) is 5.92 Å². The summed E-state index contributed by atoms with van der Waals surface area (Å²) in [7, 11) is 1.86. The molecule has 1 amide bonds. The second-order valence-corrected chi connectivity index (χ2v) is 7.07. The van der Waals surface area contributed by atoms with E-state index in [1.807, 2.05) is 20.9 Å². The maximum atomic E-state index is 11.8. The summed E-state index contributed by atoms with van der Waals surface area (Å²) in [5.41, 5.74) is 0. The average Bonchev–Trinajstić information content (AvgIpc) is 3.23. The van der Waals surface area contributed by atoms with Crippen molar-refractivity contribution in [2.75, 3.05) is 39.8 Å². The first-order valence-electron chi connectivity index (χ1n) is 9.03. The number of hydrogen-bond donors (Lipinski definition) is 2. The number of nitrogens with one attached hydrogen (secondary N) is 2. The molecule has 0 aromatic rings. The fourth-order valence-corrected chi connectivity index (χ4v) is 3.27. The van der Waals surface area contributed by atoms with E-state index in [1.54, 1.807) is 0 Å². The molecule has 2 rings (SSSR count). The molecule has 2 fully saturated rings. The minimum atomic E-state index is 0. The normalized spacial score (nSPS) is 24.5. The van der Waals surface area contributed by atoms with Gasteiger partial charge in [0.25, 0.3) is 0 Å². The van der Waals surface area contributed by atoms with Gasteiger partial charge in [0, 0.05) is 45.3 Å². The number of halogens is 1. The Kier molecular flexibility index (Phi) is 9.33. The summed E-state index contributed by atoms with van der Waals surface area (Å²) in [5, 5.41) is 6.56. The Morgan fingerprint density at radius 2 is 1.92 bits per heavy atom. The summed E-state index contributed by atoms with van der Waals surface area (Å²) >= 11 is 0. The Labute approximate surface area is 163 Å². The first kappa shape index (κ1) is 21.5. The number of hydrogen-bond acceptors (Lipinski definition) is 3. The monoisotopic (exact) mass is 451 g/mol. The lowest BCUT2D eigenvalue weighted by molar-refractivity contribution is -0.123. The van der Waals surface area contributed by atoms with Gasteiger partial charge < -0.3 is 15.5 Å². The first-order chi connectivity index (χ1) is 11.0. The molecule has 0 radical (unpaired) electrons. The van der Waals surface area contributed by atoms with E-state index < -0.39 is 0 Å². The number of guanidine groups is 1. The van der Waals surface area contributed by atoms with Crippen molar-refractivity contribution < 1.29 is 4.79 Å². The van der Waals surface area contributed by atoms with Crippen LogP contribution in [-0.2, 0) is 4.79 Å². The van der Waals surface area contributed by atoms with E-state index in [2.05, 4.69) is 32.3 Å². The molecule has 2 aliphatic rings. The van der Waals surface area contributed by atoms with Gasteiger partial charge in [-0.3, -0.25) is 14.7 Å². The highest BCUT2D eigenvalue weighted by atomic mass is 127. The zero-order valence-corrected chi connectivity index (χ0v) is 17.9. The van der Waals surface area contributed by atoms with Crippen molar-refractivity contribution in [3.63, 3.8) is 0 Å². The van der Waals surface area contributed by atoms with Crippen molar-refractivity contribution in [1.29, 1.82) is 0 Å². The van der Waals surface area contributed by atoms with Crippen LogP contribution in [0.5, 0.6) is 0 Å². The van der Waals surface area contributed by atoms with Crippen molar-refractivity contribution >= 4 is 35.8 Å². The van der Waals surface area contributed by atoms with Crippen LogP contribution in [-0.4, -0.2) is 73.5 Å². The second kappa shape index (κ2) is 10.4. The van der Waals surface area contributed by atoms with Crippen LogP contribution in [0.15, 0.2) is 4.99 Å². The van der Waals surface area contributed by atoms with Gasteiger partial charge in [0.05, 0.1) is 6.54 Å². The van der Waals surface area contributed by atoms with Crippen LogP contribution in [0.25, 0.3) is 0 Å². The van der Waals surface area contributed by atoms with Gasteiger partial charge in [0.1, 0.15) is 0 Å². The van der Waals surface area contributed by atoms with Gasteiger partial charge in [-0.2, -0.15) is 0 Å². The van der Waals surface area contributed by atoms with Crippen molar-refractivity contribution in [1.82, 2.24) is 20.4 Å². The van der Waals surface area contributed by atoms with E-state index in [4.69, 9.17) is 0 Å². The number of carbonyl (C=O) groups excluding carboxylic acids is 1. The minimum Gasteiger partial charge on any atom is -0.353 e. The molecule has 1 saturated carbocycles. The Morgan fingerprint density at radius 1 is 1.25 bits per heavy atom. The molecule has 0 spiro atoms. The summed E-state index contributed by atoms with van der Waals surface area (Å²) in [5.74, 6) is 1.98. The number of rotatable bonds is 6. The summed E-state index contributed by atoms with van der Waals surface area (Å²) < 4.78 is 0. The van der Waals surface area contributed by atoms with Crippen LogP contribution >= 0.6 is 24.0 Å². The maximum Gasteiger partial charge on any atom is 0.234 e. The predicted molar refractivity (Wildman–Crippen MR) is 110 cm³/mol. The predicted octanol–water partition coefficient (Wildman–Crippen LogP) is 1.51. The molecule has 1 aliphatic carbocycles. The first-order valence-corrected chi connectivity index (χ1v) is 9.03. The van der Waals surface area contributed by atoms with Gasteiger partial charge in [-0.15, -0.1) is 24.0 Å². The van der Waals surface area contributed by atoms with E-state index in [0.29, 0.717) is 12.6 Å². The molecule has 2 N–H and O–H groups in total. The molecule has 140 valence electrons. The molecule has 7 heteroatoms. The maximum absolute atomic E-state index is 11.8. The Hall–Kier alpha value is -0.570. The van der Waals surface area contributed by atoms with Crippen molar-refractivity contribution in [3.8, 4) is 0 Å². The topological polar surface area (TPSA) is 60.0 Å². The summed E-state index contributed by atoms with van der Waals surface area (Å²) in [6.07, 6.45) is 3.86. The molecule has 1 heterocycles. The van der Waals surface area contributed by atoms with Gasteiger partial charge in [-0.25, -0.2) is 0 Å². The number of nitrogens with zero attached hydrogens (tertiary/aromatic N) is 3. The third kappa shape index (κ3) is 6.74. The summed E-state index contributed by atoms with van der Waals surface area (Å²) in [6, 6.07) is 0.824.